The first-order valence-corrected chi connectivity index (χ1v) is 7.44. The number of hydrogen-bond donors (Lipinski definition) is 1. The zero-order valence-corrected chi connectivity index (χ0v) is 12.5. The number of ketones is 1. The van der Waals surface area contributed by atoms with Crippen LogP contribution in [0.15, 0.2) is 36.5 Å². The number of pyridine rings is 1. The van der Waals surface area contributed by atoms with Gasteiger partial charge >= 0.3 is 0 Å². The molecule has 0 radical (unpaired) electrons. The summed E-state index contributed by atoms with van der Waals surface area (Å²) in [4.78, 5) is 17.3. The highest BCUT2D eigenvalue weighted by Gasteiger charge is 2.26. The molecule has 0 spiro atoms. The van der Waals surface area contributed by atoms with Crippen LogP contribution < -0.4 is 5.32 Å². The molecular formula is C18H17N3O. The van der Waals surface area contributed by atoms with Crippen molar-refractivity contribution in [2.75, 3.05) is 11.9 Å². The van der Waals surface area contributed by atoms with E-state index in [9.17, 15) is 4.79 Å². The van der Waals surface area contributed by atoms with Crippen molar-refractivity contribution in [1.82, 2.24) is 4.98 Å². The van der Waals surface area contributed by atoms with Gasteiger partial charge < -0.3 is 5.32 Å². The number of anilines is 1. The molecule has 1 aliphatic rings. The molecule has 0 saturated heterocycles. The number of hydrogen-bond acceptors (Lipinski definition) is 4. The van der Waals surface area contributed by atoms with Gasteiger partial charge in [0.05, 0.1) is 17.6 Å². The fraction of sp³-hybridized carbons (Fsp3) is 0.278. The van der Waals surface area contributed by atoms with Gasteiger partial charge in [0.2, 0.25) is 0 Å². The zero-order valence-electron chi connectivity index (χ0n) is 12.5. The Bertz CT molecular complexity index is 761. The molecule has 0 bridgehead atoms. The molecular weight excluding hydrogens is 274 g/mol. The highest BCUT2D eigenvalue weighted by Crippen LogP contribution is 2.32. The van der Waals surface area contributed by atoms with Crippen molar-refractivity contribution in [2.24, 2.45) is 0 Å². The van der Waals surface area contributed by atoms with Crippen LogP contribution in [-0.4, -0.2) is 17.3 Å². The highest BCUT2D eigenvalue weighted by molar-refractivity contribution is 6.02. The van der Waals surface area contributed by atoms with Gasteiger partial charge in [0.1, 0.15) is 5.82 Å². The lowest BCUT2D eigenvalue weighted by atomic mass is 9.87. The quantitative estimate of drug-likeness (QED) is 0.861. The summed E-state index contributed by atoms with van der Waals surface area (Å²) in [6.07, 6.45) is 3.48. The summed E-state index contributed by atoms with van der Waals surface area (Å²) in [5.74, 6) is 0.736. The van der Waals surface area contributed by atoms with Crippen molar-refractivity contribution in [2.45, 2.75) is 25.7 Å². The number of rotatable bonds is 2. The molecule has 0 amide bonds. The lowest BCUT2D eigenvalue weighted by Gasteiger charge is -2.16. The first kappa shape index (κ1) is 14.3. The largest absolute Gasteiger partial charge is 0.370 e. The molecule has 1 N–H and O–H groups in total. The third-order valence-corrected chi connectivity index (χ3v) is 4.12. The Balaban J connectivity index is 1.98. The van der Waals surface area contributed by atoms with Crippen molar-refractivity contribution in [3.63, 3.8) is 0 Å². The summed E-state index contributed by atoms with van der Waals surface area (Å²) < 4.78 is 0. The number of aromatic nitrogens is 1. The number of Topliss-reactive ketones (excluding diaryl/α,β-unsaturated/α-hetero) is 1. The Kier molecular flexibility index (Phi) is 3.88. The van der Waals surface area contributed by atoms with Gasteiger partial charge in [-0.1, -0.05) is 12.1 Å². The monoisotopic (exact) mass is 291 g/mol. The van der Waals surface area contributed by atoms with Gasteiger partial charge in [-0.2, -0.15) is 5.26 Å². The number of benzene rings is 1. The van der Waals surface area contributed by atoms with Crippen molar-refractivity contribution >= 4 is 11.6 Å². The molecule has 3 rings (SSSR count). The molecule has 1 unspecified atom stereocenters. The molecule has 110 valence electrons. The van der Waals surface area contributed by atoms with E-state index < -0.39 is 0 Å². The van der Waals surface area contributed by atoms with Gasteiger partial charge in [0.25, 0.3) is 0 Å². The molecule has 1 aromatic carbocycles. The van der Waals surface area contributed by atoms with E-state index >= 15 is 0 Å². The van der Waals surface area contributed by atoms with Crippen LogP contribution in [-0.2, 0) is 0 Å². The third-order valence-electron chi connectivity index (χ3n) is 4.12. The van der Waals surface area contributed by atoms with Crippen LogP contribution in [0.1, 0.15) is 45.8 Å². The number of aryl methyl sites for hydroxylation is 1. The molecule has 0 aliphatic carbocycles. The SMILES string of the molecule is Cc1cc(C(=O)C2CCCNc3ncccc32)ccc1C#N. The molecule has 0 saturated carbocycles. The van der Waals surface area contributed by atoms with Crippen molar-refractivity contribution in [3.8, 4) is 6.07 Å². The highest BCUT2D eigenvalue weighted by atomic mass is 16.1. The lowest BCUT2D eigenvalue weighted by Crippen LogP contribution is -2.13. The summed E-state index contributed by atoms with van der Waals surface area (Å²) in [5, 5.41) is 12.3. The van der Waals surface area contributed by atoms with Gasteiger partial charge in [0, 0.05) is 23.9 Å². The van der Waals surface area contributed by atoms with Crippen molar-refractivity contribution < 1.29 is 4.79 Å². The summed E-state index contributed by atoms with van der Waals surface area (Å²) in [7, 11) is 0. The van der Waals surface area contributed by atoms with Crippen LogP contribution in [0.4, 0.5) is 5.82 Å². The van der Waals surface area contributed by atoms with E-state index in [0.29, 0.717) is 11.1 Å². The summed E-state index contributed by atoms with van der Waals surface area (Å²) >= 11 is 0. The Labute approximate surface area is 129 Å². The molecule has 1 atom stereocenters. The van der Waals surface area contributed by atoms with E-state index in [2.05, 4.69) is 16.4 Å². The second-order valence-corrected chi connectivity index (χ2v) is 5.57. The van der Waals surface area contributed by atoms with Crippen LogP contribution >= 0.6 is 0 Å². The predicted octanol–water partition coefficient (Wildman–Crippen LogP) is 3.43. The average Bonchev–Trinajstić information content (AvgIpc) is 2.76. The Morgan fingerprint density at radius 2 is 2.27 bits per heavy atom. The Morgan fingerprint density at radius 1 is 1.41 bits per heavy atom. The van der Waals surface area contributed by atoms with Crippen LogP contribution in [0.5, 0.6) is 0 Å². The van der Waals surface area contributed by atoms with E-state index in [1.54, 1.807) is 18.3 Å². The number of carbonyl (C=O) groups excluding carboxylic acids is 1. The number of fused-ring (bicyclic) bond motifs is 1. The Hall–Kier alpha value is -2.67. The number of carbonyl (C=O) groups is 1. The molecule has 0 fully saturated rings. The zero-order chi connectivity index (χ0) is 15.5. The van der Waals surface area contributed by atoms with Crippen molar-refractivity contribution in [3.05, 3.63) is 58.8 Å². The number of nitrogens with one attached hydrogen (secondary N) is 1. The fourth-order valence-corrected chi connectivity index (χ4v) is 2.93. The summed E-state index contributed by atoms with van der Waals surface area (Å²) in [6, 6.07) is 11.3. The van der Waals surface area contributed by atoms with Crippen LogP contribution in [0.2, 0.25) is 0 Å². The second kappa shape index (κ2) is 5.98. The minimum atomic E-state index is -0.175. The molecule has 4 nitrogen and oxygen atoms in total. The maximum Gasteiger partial charge on any atom is 0.170 e. The van der Waals surface area contributed by atoms with E-state index in [1.165, 1.54) is 0 Å². The third kappa shape index (κ3) is 2.58. The standard InChI is InChI=1S/C18H17N3O/c1-12-10-13(6-7-14(12)11-19)17(22)15-4-2-8-20-18-16(15)5-3-9-21-18/h3,5-7,9-10,15H,2,4,8H2,1H3,(H,20,21). The molecule has 2 aromatic rings. The lowest BCUT2D eigenvalue weighted by molar-refractivity contribution is 0.0955. The predicted molar refractivity (Wildman–Crippen MR) is 84.9 cm³/mol. The van der Waals surface area contributed by atoms with Gasteiger partial charge in [-0.25, -0.2) is 4.98 Å². The smallest absolute Gasteiger partial charge is 0.170 e. The minimum absolute atomic E-state index is 0.102. The topological polar surface area (TPSA) is 65.8 Å². The first-order valence-electron chi connectivity index (χ1n) is 7.44. The van der Waals surface area contributed by atoms with Gasteiger partial charge in [0.15, 0.2) is 5.78 Å². The second-order valence-electron chi connectivity index (χ2n) is 5.57. The number of nitriles is 1. The van der Waals surface area contributed by atoms with Crippen LogP contribution in [0, 0.1) is 18.3 Å². The minimum Gasteiger partial charge on any atom is -0.370 e. The maximum absolute atomic E-state index is 12.9. The van der Waals surface area contributed by atoms with Crippen molar-refractivity contribution in [1.29, 1.82) is 5.26 Å². The van der Waals surface area contributed by atoms with E-state index in [1.807, 2.05) is 25.1 Å². The molecule has 4 heteroatoms. The molecule has 1 aliphatic heterocycles. The number of nitrogens with zero attached hydrogens (tertiary/aromatic N) is 2. The molecule has 1 aromatic heterocycles. The van der Waals surface area contributed by atoms with E-state index in [0.717, 1.165) is 36.3 Å². The van der Waals surface area contributed by atoms with Gasteiger partial charge in [-0.05, 0) is 43.5 Å². The van der Waals surface area contributed by atoms with Crippen LogP contribution in [0.25, 0.3) is 0 Å². The average molecular weight is 291 g/mol. The van der Waals surface area contributed by atoms with Crippen LogP contribution in [0.3, 0.4) is 0 Å². The fourth-order valence-electron chi connectivity index (χ4n) is 2.93. The normalized spacial score (nSPS) is 16.8. The first-order chi connectivity index (χ1) is 10.7. The Morgan fingerprint density at radius 3 is 3.05 bits per heavy atom. The molecule has 22 heavy (non-hydrogen) atoms. The van der Waals surface area contributed by atoms with Gasteiger partial charge in [-0.3, -0.25) is 4.79 Å². The summed E-state index contributed by atoms with van der Waals surface area (Å²) in [6.45, 7) is 2.69. The van der Waals surface area contributed by atoms with E-state index in [4.69, 9.17) is 5.26 Å². The maximum atomic E-state index is 12.9. The summed E-state index contributed by atoms with van der Waals surface area (Å²) in [5.41, 5.74) is 3.08. The van der Waals surface area contributed by atoms with Gasteiger partial charge in [-0.15, -0.1) is 0 Å². The molecule has 2 heterocycles. The van der Waals surface area contributed by atoms with E-state index in [-0.39, 0.29) is 11.7 Å².